The van der Waals surface area contributed by atoms with Gasteiger partial charge in [-0.2, -0.15) is 0 Å². The Morgan fingerprint density at radius 3 is 2.56 bits per heavy atom. The minimum Gasteiger partial charge on any atom is -0.210 e. The van der Waals surface area contributed by atoms with Crippen molar-refractivity contribution in [2.24, 2.45) is 5.92 Å². The van der Waals surface area contributed by atoms with Gasteiger partial charge in [0, 0.05) is 16.8 Å². The number of halogens is 1. The van der Waals surface area contributed by atoms with Gasteiger partial charge < -0.3 is 0 Å². The fourth-order valence-corrected chi connectivity index (χ4v) is 4.88. The van der Waals surface area contributed by atoms with Gasteiger partial charge in [0.15, 0.2) is 0 Å². The predicted octanol–water partition coefficient (Wildman–Crippen LogP) is 3.13. The lowest BCUT2D eigenvalue weighted by molar-refractivity contribution is 0.361. The standard InChI is InChI=1S/C12H18ClNO2S2/c1-9-2-7-12(17-9)18(15,16)14-8-10-3-5-11(13)6-4-10/h2,7,10-11,14H,3-6,8H2,1H3. The molecule has 0 bridgehead atoms. The fourth-order valence-electron chi connectivity index (χ4n) is 2.18. The highest BCUT2D eigenvalue weighted by Gasteiger charge is 2.22. The Kier molecular flexibility index (Phi) is 4.69. The third kappa shape index (κ3) is 3.70. The van der Waals surface area contributed by atoms with E-state index in [4.69, 9.17) is 11.6 Å². The highest BCUT2D eigenvalue weighted by atomic mass is 35.5. The van der Waals surface area contributed by atoms with E-state index in [0.717, 1.165) is 30.6 Å². The van der Waals surface area contributed by atoms with Crippen LogP contribution in [0.3, 0.4) is 0 Å². The lowest BCUT2D eigenvalue weighted by Crippen LogP contribution is -2.31. The van der Waals surface area contributed by atoms with Crippen LogP contribution in [-0.4, -0.2) is 20.3 Å². The minimum absolute atomic E-state index is 0.276. The number of hydrogen-bond donors (Lipinski definition) is 1. The van der Waals surface area contributed by atoms with Gasteiger partial charge in [-0.25, -0.2) is 13.1 Å². The van der Waals surface area contributed by atoms with Gasteiger partial charge in [0.2, 0.25) is 10.0 Å². The molecule has 1 aliphatic carbocycles. The van der Waals surface area contributed by atoms with E-state index in [1.165, 1.54) is 11.3 Å². The van der Waals surface area contributed by atoms with Crippen LogP contribution < -0.4 is 4.72 Å². The van der Waals surface area contributed by atoms with Gasteiger partial charge in [0.1, 0.15) is 4.21 Å². The van der Waals surface area contributed by atoms with Gasteiger partial charge in [0.05, 0.1) is 0 Å². The summed E-state index contributed by atoms with van der Waals surface area (Å²) >= 11 is 7.34. The van der Waals surface area contributed by atoms with Gasteiger partial charge in [-0.05, 0) is 50.7 Å². The molecule has 0 radical (unpaired) electrons. The number of nitrogens with one attached hydrogen (secondary N) is 1. The Morgan fingerprint density at radius 2 is 2.00 bits per heavy atom. The van der Waals surface area contributed by atoms with Crippen molar-refractivity contribution in [3.05, 3.63) is 17.0 Å². The molecule has 18 heavy (non-hydrogen) atoms. The SMILES string of the molecule is Cc1ccc(S(=O)(=O)NCC2CCC(Cl)CC2)s1. The first-order valence-corrected chi connectivity index (χ1v) is 8.91. The van der Waals surface area contributed by atoms with Crippen molar-refractivity contribution in [2.45, 2.75) is 42.2 Å². The Morgan fingerprint density at radius 1 is 1.33 bits per heavy atom. The number of alkyl halides is 1. The maximum absolute atomic E-state index is 12.0. The summed E-state index contributed by atoms with van der Waals surface area (Å²) in [5.41, 5.74) is 0. The van der Waals surface area contributed by atoms with E-state index in [-0.39, 0.29) is 5.38 Å². The summed E-state index contributed by atoms with van der Waals surface area (Å²) in [5, 5.41) is 0.276. The molecule has 2 rings (SSSR count). The van der Waals surface area contributed by atoms with Crippen LogP contribution in [0.5, 0.6) is 0 Å². The molecule has 0 atom stereocenters. The molecule has 0 unspecified atom stereocenters. The summed E-state index contributed by atoms with van der Waals surface area (Å²) in [6.07, 6.45) is 4.01. The van der Waals surface area contributed by atoms with Crippen LogP contribution in [0.2, 0.25) is 0 Å². The topological polar surface area (TPSA) is 46.2 Å². The Bertz CT molecular complexity index is 490. The van der Waals surface area contributed by atoms with Crippen molar-refractivity contribution in [3.8, 4) is 0 Å². The monoisotopic (exact) mass is 307 g/mol. The molecule has 1 heterocycles. The zero-order valence-electron chi connectivity index (χ0n) is 10.4. The van der Waals surface area contributed by atoms with Gasteiger partial charge >= 0.3 is 0 Å². The van der Waals surface area contributed by atoms with Gasteiger partial charge in [-0.15, -0.1) is 22.9 Å². The number of thiophene rings is 1. The van der Waals surface area contributed by atoms with E-state index < -0.39 is 10.0 Å². The second-order valence-corrected chi connectivity index (χ2v) is 8.73. The van der Waals surface area contributed by atoms with Gasteiger partial charge in [0.25, 0.3) is 0 Å². The third-order valence-corrected chi connectivity index (χ3v) is 6.67. The third-order valence-electron chi connectivity index (χ3n) is 3.32. The molecule has 1 fully saturated rings. The van der Waals surface area contributed by atoms with Gasteiger partial charge in [-0.3, -0.25) is 0 Å². The van der Waals surface area contributed by atoms with E-state index in [0.29, 0.717) is 16.7 Å². The number of aryl methyl sites for hydroxylation is 1. The van der Waals surface area contributed by atoms with Gasteiger partial charge in [-0.1, -0.05) is 0 Å². The molecule has 0 saturated heterocycles. The number of sulfonamides is 1. The van der Waals surface area contributed by atoms with Crippen molar-refractivity contribution in [1.29, 1.82) is 0 Å². The van der Waals surface area contributed by atoms with Crippen LogP contribution in [0.4, 0.5) is 0 Å². The van der Waals surface area contributed by atoms with E-state index in [9.17, 15) is 8.42 Å². The molecule has 0 spiro atoms. The zero-order valence-corrected chi connectivity index (χ0v) is 12.7. The molecule has 1 aromatic heterocycles. The Labute approximate surface area is 118 Å². The molecular formula is C12H18ClNO2S2. The van der Waals surface area contributed by atoms with E-state index in [1.54, 1.807) is 6.07 Å². The van der Waals surface area contributed by atoms with Crippen LogP contribution in [-0.2, 0) is 10.0 Å². The average molecular weight is 308 g/mol. The second-order valence-electron chi connectivity index (χ2n) is 4.83. The van der Waals surface area contributed by atoms with Crippen LogP contribution >= 0.6 is 22.9 Å². The molecule has 3 nitrogen and oxygen atoms in total. The maximum Gasteiger partial charge on any atom is 0.250 e. The summed E-state index contributed by atoms with van der Waals surface area (Å²) in [4.78, 5) is 1.01. The Balaban J connectivity index is 1.90. The van der Waals surface area contributed by atoms with Crippen molar-refractivity contribution >= 4 is 33.0 Å². The largest absolute Gasteiger partial charge is 0.250 e. The number of hydrogen-bond acceptors (Lipinski definition) is 3. The molecule has 1 saturated carbocycles. The molecule has 1 aromatic rings. The fraction of sp³-hybridized carbons (Fsp3) is 0.667. The van der Waals surface area contributed by atoms with Crippen molar-refractivity contribution in [2.75, 3.05) is 6.54 Å². The quantitative estimate of drug-likeness (QED) is 0.869. The summed E-state index contributed by atoms with van der Waals surface area (Å²) in [6, 6.07) is 3.50. The van der Waals surface area contributed by atoms with Crippen molar-refractivity contribution in [3.63, 3.8) is 0 Å². The zero-order chi connectivity index (χ0) is 13.2. The van der Waals surface area contributed by atoms with Crippen LogP contribution in [0.25, 0.3) is 0 Å². The first-order valence-electron chi connectivity index (χ1n) is 6.17. The molecule has 0 aliphatic heterocycles. The summed E-state index contributed by atoms with van der Waals surface area (Å²) < 4.78 is 27.2. The van der Waals surface area contributed by atoms with E-state index >= 15 is 0 Å². The summed E-state index contributed by atoms with van der Waals surface area (Å²) in [7, 11) is -3.32. The first-order chi connectivity index (χ1) is 8.47. The van der Waals surface area contributed by atoms with Crippen LogP contribution in [0, 0.1) is 12.8 Å². The lowest BCUT2D eigenvalue weighted by Gasteiger charge is -2.24. The molecule has 6 heteroatoms. The van der Waals surface area contributed by atoms with E-state index in [2.05, 4.69) is 4.72 Å². The highest BCUT2D eigenvalue weighted by molar-refractivity contribution is 7.91. The molecular weight excluding hydrogens is 290 g/mol. The van der Waals surface area contributed by atoms with Crippen molar-refractivity contribution < 1.29 is 8.42 Å². The molecule has 1 aliphatic rings. The molecule has 0 amide bonds. The van der Waals surface area contributed by atoms with Crippen molar-refractivity contribution in [1.82, 2.24) is 4.72 Å². The highest BCUT2D eigenvalue weighted by Crippen LogP contribution is 2.27. The van der Waals surface area contributed by atoms with Crippen LogP contribution in [0.15, 0.2) is 16.3 Å². The molecule has 102 valence electrons. The smallest absolute Gasteiger partial charge is 0.210 e. The average Bonchev–Trinajstić information content (AvgIpc) is 2.76. The summed E-state index contributed by atoms with van der Waals surface area (Å²) in [6.45, 7) is 2.44. The second kappa shape index (κ2) is 5.90. The van der Waals surface area contributed by atoms with E-state index in [1.807, 2.05) is 13.0 Å². The minimum atomic E-state index is -3.32. The number of rotatable bonds is 4. The Hall–Kier alpha value is -0.100. The predicted molar refractivity (Wildman–Crippen MR) is 75.8 cm³/mol. The van der Waals surface area contributed by atoms with Crippen LogP contribution in [0.1, 0.15) is 30.6 Å². The normalized spacial score (nSPS) is 25.2. The lowest BCUT2D eigenvalue weighted by atomic mass is 9.89. The molecule has 0 aromatic carbocycles. The summed E-state index contributed by atoms with van der Waals surface area (Å²) in [5.74, 6) is 0.427. The maximum atomic E-state index is 12.0. The first kappa shape index (κ1) is 14.3. The molecule has 1 N–H and O–H groups in total.